The molecule has 1 saturated carbocycles. The number of nitrogens with zero attached hydrogens (tertiary/aromatic N) is 1. The normalized spacial score (nSPS) is 26.4. The first-order valence-electron chi connectivity index (χ1n) is 5.04. The summed E-state index contributed by atoms with van der Waals surface area (Å²) in [5.74, 6) is 1.41. The summed E-state index contributed by atoms with van der Waals surface area (Å²) in [6.07, 6.45) is 7.04. The van der Waals surface area contributed by atoms with Gasteiger partial charge in [0.25, 0.3) is 0 Å². The van der Waals surface area contributed by atoms with Crippen LogP contribution in [0.1, 0.15) is 30.7 Å². The predicted molar refractivity (Wildman–Crippen MR) is 55.4 cm³/mol. The number of nitrogens with two attached hydrogens (primary N) is 1. The van der Waals surface area contributed by atoms with Gasteiger partial charge in [0.1, 0.15) is 5.75 Å². The van der Waals surface area contributed by atoms with Gasteiger partial charge in [0.05, 0.1) is 13.3 Å². The first-order valence-corrected chi connectivity index (χ1v) is 5.04. The van der Waals surface area contributed by atoms with Crippen molar-refractivity contribution in [1.82, 2.24) is 4.98 Å². The Hall–Kier alpha value is -1.09. The number of methoxy groups -OCH3 is 1. The highest BCUT2D eigenvalue weighted by atomic mass is 16.5. The Kier molecular flexibility index (Phi) is 2.68. The van der Waals surface area contributed by atoms with Crippen molar-refractivity contribution in [2.45, 2.75) is 31.2 Å². The Morgan fingerprint density at radius 2 is 2.29 bits per heavy atom. The summed E-state index contributed by atoms with van der Waals surface area (Å²) in [7, 11) is 1.67. The molecule has 0 aromatic carbocycles. The molecule has 3 nitrogen and oxygen atoms in total. The second-order valence-electron chi connectivity index (χ2n) is 3.93. The molecule has 1 aromatic rings. The van der Waals surface area contributed by atoms with Crippen LogP contribution in [0.25, 0.3) is 0 Å². The van der Waals surface area contributed by atoms with Gasteiger partial charge in [-0.15, -0.1) is 0 Å². The van der Waals surface area contributed by atoms with Crippen molar-refractivity contribution in [2.24, 2.45) is 5.73 Å². The van der Waals surface area contributed by atoms with Crippen molar-refractivity contribution >= 4 is 0 Å². The average Bonchev–Trinajstić information content (AvgIpc) is 2.65. The van der Waals surface area contributed by atoms with Crippen LogP contribution < -0.4 is 10.5 Å². The summed E-state index contributed by atoms with van der Waals surface area (Å²) in [6.45, 7) is 0. The zero-order valence-electron chi connectivity index (χ0n) is 8.44. The molecule has 0 aliphatic heterocycles. The van der Waals surface area contributed by atoms with Crippen molar-refractivity contribution in [2.75, 3.05) is 7.11 Å². The minimum absolute atomic E-state index is 0.367. The van der Waals surface area contributed by atoms with Gasteiger partial charge in [-0.25, -0.2) is 0 Å². The number of pyridine rings is 1. The molecule has 0 bridgehead atoms. The fourth-order valence-corrected chi connectivity index (χ4v) is 2.09. The van der Waals surface area contributed by atoms with Gasteiger partial charge in [-0.1, -0.05) is 0 Å². The summed E-state index contributed by atoms with van der Waals surface area (Å²) < 4.78 is 5.15. The number of ether oxygens (including phenoxy) is 1. The maximum Gasteiger partial charge on any atom is 0.137 e. The van der Waals surface area contributed by atoms with E-state index >= 15 is 0 Å². The molecule has 76 valence electrons. The molecule has 1 aliphatic rings. The van der Waals surface area contributed by atoms with Gasteiger partial charge in [0.2, 0.25) is 0 Å². The maximum absolute atomic E-state index is 5.88. The highest BCUT2D eigenvalue weighted by Gasteiger charge is 2.23. The molecule has 2 N–H and O–H groups in total. The van der Waals surface area contributed by atoms with Gasteiger partial charge < -0.3 is 10.5 Å². The number of hydrogen-bond acceptors (Lipinski definition) is 3. The third-order valence-electron chi connectivity index (χ3n) is 2.91. The van der Waals surface area contributed by atoms with Crippen LogP contribution >= 0.6 is 0 Å². The molecule has 1 aromatic heterocycles. The lowest BCUT2D eigenvalue weighted by Crippen LogP contribution is -2.14. The molecule has 2 unspecified atom stereocenters. The molecule has 1 aliphatic carbocycles. The van der Waals surface area contributed by atoms with Gasteiger partial charge >= 0.3 is 0 Å². The van der Waals surface area contributed by atoms with E-state index in [1.165, 1.54) is 12.0 Å². The lowest BCUT2D eigenvalue weighted by atomic mass is 9.99. The van der Waals surface area contributed by atoms with Crippen LogP contribution in [0.2, 0.25) is 0 Å². The summed E-state index contributed by atoms with van der Waals surface area (Å²) in [6, 6.07) is 2.43. The van der Waals surface area contributed by atoms with E-state index in [9.17, 15) is 0 Å². The van der Waals surface area contributed by atoms with E-state index in [0.717, 1.165) is 18.6 Å². The van der Waals surface area contributed by atoms with Gasteiger partial charge in [-0.2, -0.15) is 0 Å². The zero-order chi connectivity index (χ0) is 9.97. The topological polar surface area (TPSA) is 48.1 Å². The smallest absolute Gasteiger partial charge is 0.137 e. The Morgan fingerprint density at radius 1 is 1.43 bits per heavy atom. The third kappa shape index (κ3) is 1.87. The molecule has 0 radical (unpaired) electrons. The van der Waals surface area contributed by atoms with Crippen LogP contribution in [0.3, 0.4) is 0 Å². The van der Waals surface area contributed by atoms with Crippen LogP contribution in [0.5, 0.6) is 5.75 Å². The fourth-order valence-electron chi connectivity index (χ4n) is 2.09. The van der Waals surface area contributed by atoms with Crippen molar-refractivity contribution in [3.05, 3.63) is 24.0 Å². The van der Waals surface area contributed by atoms with Crippen molar-refractivity contribution < 1.29 is 4.74 Å². The van der Waals surface area contributed by atoms with Crippen LogP contribution in [0.4, 0.5) is 0 Å². The monoisotopic (exact) mass is 192 g/mol. The highest BCUT2D eigenvalue weighted by molar-refractivity contribution is 5.27. The van der Waals surface area contributed by atoms with Crippen LogP contribution in [0, 0.1) is 0 Å². The van der Waals surface area contributed by atoms with E-state index in [-0.39, 0.29) is 0 Å². The molecular formula is C11H16N2O. The number of rotatable bonds is 2. The molecule has 0 saturated heterocycles. The van der Waals surface area contributed by atoms with E-state index in [0.29, 0.717) is 12.0 Å². The van der Waals surface area contributed by atoms with E-state index in [4.69, 9.17) is 10.5 Å². The first-order chi connectivity index (χ1) is 6.79. The Bertz CT molecular complexity index is 314. The molecule has 1 fully saturated rings. The van der Waals surface area contributed by atoms with Crippen molar-refractivity contribution in [3.63, 3.8) is 0 Å². The predicted octanol–water partition coefficient (Wildman–Crippen LogP) is 1.69. The Morgan fingerprint density at radius 3 is 2.93 bits per heavy atom. The summed E-state index contributed by atoms with van der Waals surface area (Å²) in [5, 5.41) is 0. The van der Waals surface area contributed by atoms with Crippen LogP contribution in [-0.4, -0.2) is 18.1 Å². The van der Waals surface area contributed by atoms with E-state index in [2.05, 4.69) is 11.1 Å². The summed E-state index contributed by atoms with van der Waals surface area (Å²) >= 11 is 0. The van der Waals surface area contributed by atoms with Gasteiger partial charge in [0, 0.05) is 12.2 Å². The SMILES string of the molecule is COc1cncc(C2CCC(N)C2)c1. The second-order valence-corrected chi connectivity index (χ2v) is 3.93. The van der Waals surface area contributed by atoms with E-state index in [1.54, 1.807) is 13.3 Å². The molecule has 14 heavy (non-hydrogen) atoms. The minimum atomic E-state index is 0.367. The van der Waals surface area contributed by atoms with E-state index < -0.39 is 0 Å². The minimum Gasteiger partial charge on any atom is -0.495 e. The number of hydrogen-bond donors (Lipinski definition) is 1. The third-order valence-corrected chi connectivity index (χ3v) is 2.91. The van der Waals surface area contributed by atoms with E-state index in [1.807, 2.05) is 6.20 Å². The lowest BCUT2D eigenvalue weighted by Gasteiger charge is -2.10. The highest BCUT2D eigenvalue weighted by Crippen LogP contribution is 2.34. The van der Waals surface area contributed by atoms with Gasteiger partial charge in [0.15, 0.2) is 0 Å². The molecule has 3 heteroatoms. The van der Waals surface area contributed by atoms with Crippen LogP contribution in [0.15, 0.2) is 18.5 Å². The number of aromatic nitrogens is 1. The average molecular weight is 192 g/mol. The molecule has 0 spiro atoms. The molecule has 1 heterocycles. The standard InChI is InChI=1S/C11H16N2O/c1-14-11-5-9(6-13-7-11)8-2-3-10(12)4-8/h5-8,10H,2-4,12H2,1H3. The maximum atomic E-state index is 5.88. The largest absolute Gasteiger partial charge is 0.495 e. The molecule has 2 rings (SSSR count). The molecular weight excluding hydrogens is 176 g/mol. The fraction of sp³-hybridized carbons (Fsp3) is 0.545. The van der Waals surface area contributed by atoms with Crippen LogP contribution in [-0.2, 0) is 0 Å². The quantitative estimate of drug-likeness (QED) is 0.775. The Balaban J connectivity index is 2.15. The Labute approximate surface area is 84.3 Å². The summed E-state index contributed by atoms with van der Waals surface area (Å²) in [5.41, 5.74) is 7.14. The van der Waals surface area contributed by atoms with Crippen molar-refractivity contribution in [1.29, 1.82) is 0 Å². The second kappa shape index (κ2) is 3.96. The van der Waals surface area contributed by atoms with Gasteiger partial charge in [-0.05, 0) is 36.8 Å². The van der Waals surface area contributed by atoms with Gasteiger partial charge in [-0.3, -0.25) is 4.98 Å². The first kappa shape index (κ1) is 9.46. The van der Waals surface area contributed by atoms with Crippen molar-refractivity contribution in [3.8, 4) is 5.75 Å². The summed E-state index contributed by atoms with van der Waals surface area (Å²) in [4.78, 5) is 4.16. The molecule has 2 atom stereocenters. The molecule has 0 amide bonds. The zero-order valence-corrected chi connectivity index (χ0v) is 8.44. The lowest BCUT2D eigenvalue weighted by molar-refractivity contribution is 0.411.